The average Bonchev–Trinajstić information content (AvgIpc) is 2.89. The van der Waals surface area contributed by atoms with Crippen molar-refractivity contribution in [3.05, 3.63) is 47.3 Å². The summed E-state index contributed by atoms with van der Waals surface area (Å²) in [6.45, 7) is 3.55. The van der Waals surface area contributed by atoms with Crippen LogP contribution in [0, 0.1) is 36.9 Å². The Morgan fingerprint density at radius 1 is 1.21 bits per heavy atom. The molecule has 1 unspecified atom stereocenters. The number of anilines is 2. The normalized spacial score (nSPS) is 14.4. The lowest BCUT2D eigenvalue weighted by Gasteiger charge is -2.37. The molecule has 0 saturated heterocycles. The van der Waals surface area contributed by atoms with Crippen LogP contribution in [0.15, 0.2) is 24.5 Å². The molecule has 1 fully saturated rings. The number of aromatic nitrogens is 2. The first kappa shape index (κ1) is 27.0. The number of terminal acetylenes is 1. The Labute approximate surface area is 201 Å². The van der Waals surface area contributed by atoms with Crippen LogP contribution in [0.2, 0.25) is 0 Å². The van der Waals surface area contributed by atoms with E-state index >= 15 is 4.39 Å². The Balaban J connectivity index is 0.00000199. The van der Waals surface area contributed by atoms with E-state index in [0.29, 0.717) is 41.3 Å². The summed E-state index contributed by atoms with van der Waals surface area (Å²) < 4.78 is 28.2. The van der Waals surface area contributed by atoms with Gasteiger partial charge in [0.15, 0.2) is 0 Å². The zero-order chi connectivity index (χ0) is 24.9. The lowest BCUT2D eigenvalue weighted by atomic mass is 9.92. The van der Waals surface area contributed by atoms with Crippen molar-refractivity contribution in [1.82, 2.24) is 15.4 Å². The number of nitriles is 1. The third kappa shape index (κ3) is 7.13. The fourth-order valence-corrected chi connectivity index (χ4v) is 4.12. The molecule has 1 heterocycles. The Morgan fingerprint density at radius 3 is 2.47 bits per heavy atom. The minimum Gasteiger partial charge on any atom is -0.358 e. The van der Waals surface area contributed by atoms with Crippen molar-refractivity contribution in [3.8, 4) is 18.9 Å². The van der Waals surface area contributed by atoms with Crippen molar-refractivity contribution in [3.63, 3.8) is 0 Å². The van der Waals surface area contributed by atoms with Crippen molar-refractivity contribution in [2.45, 2.75) is 77.4 Å². The average molecular weight is 469 g/mol. The fraction of sp³-hybridized carbons (Fsp3) is 0.500. The number of hydrogen-bond acceptors (Lipinski definition) is 6. The highest BCUT2D eigenvalue weighted by molar-refractivity contribution is 5.58. The summed E-state index contributed by atoms with van der Waals surface area (Å²) in [5.41, 5.74) is 8.25. The van der Waals surface area contributed by atoms with Crippen molar-refractivity contribution in [1.29, 1.82) is 5.26 Å². The number of hydrazine groups is 1. The number of rotatable bonds is 10. The second-order valence-electron chi connectivity index (χ2n) is 8.38. The summed E-state index contributed by atoms with van der Waals surface area (Å²) >= 11 is 0. The van der Waals surface area contributed by atoms with Crippen LogP contribution in [0.25, 0.3) is 0 Å². The number of hydrogen-bond donors (Lipinski definition) is 2. The minimum atomic E-state index is -0.466. The molecule has 6 nitrogen and oxygen atoms in total. The zero-order valence-corrected chi connectivity index (χ0v) is 20.0. The lowest BCUT2D eigenvalue weighted by Crippen LogP contribution is -2.38. The van der Waals surface area contributed by atoms with Gasteiger partial charge in [0.25, 0.3) is 0 Å². The number of nitrogens with zero attached hydrogens (tertiary/aromatic N) is 4. The third-order valence-electron chi connectivity index (χ3n) is 6.08. The predicted octanol–water partition coefficient (Wildman–Crippen LogP) is 5.24. The predicted molar refractivity (Wildman–Crippen MR) is 132 cm³/mol. The van der Waals surface area contributed by atoms with Gasteiger partial charge in [0.05, 0.1) is 48.8 Å². The van der Waals surface area contributed by atoms with Gasteiger partial charge in [-0.05, 0) is 37.3 Å². The van der Waals surface area contributed by atoms with E-state index in [9.17, 15) is 9.65 Å². The molecule has 1 atom stereocenters. The quantitative estimate of drug-likeness (QED) is 0.367. The third-order valence-corrected chi connectivity index (χ3v) is 6.08. The van der Waals surface area contributed by atoms with E-state index in [1.165, 1.54) is 6.42 Å². The minimum absolute atomic E-state index is 0.151. The second-order valence-corrected chi connectivity index (χ2v) is 8.38. The van der Waals surface area contributed by atoms with E-state index in [1.54, 1.807) is 25.4 Å². The van der Waals surface area contributed by atoms with Crippen LogP contribution in [0.3, 0.4) is 0 Å². The van der Waals surface area contributed by atoms with Gasteiger partial charge in [-0.1, -0.05) is 38.3 Å². The molecule has 182 valence electrons. The molecule has 0 bridgehead atoms. The molecule has 1 saturated carbocycles. The Kier molecular flexibility index (Phi) is 11.2. The van der Waals surface area contributed by atoms with Gasteiger partial charge in [-0.3, -0.25) is 0 Å². The van der Waals surface area contributed by atoms with Gasteiger partial charge in [-0.15, -0.1) is 12.8 Å². The van der Waals surface area contributed by atoms with Gasteiger partial charge in [0.2, 0.25) is 0 Å². The van der Waals surface area contributed by atoms with E-state index in [2.05, 4.69) is 44.6 Å². The van der Waals surface area contributed by atoms with Gasteiger partial charge in [-0.2, -0.15) is 5.26 Å². The summed E-state index contributed by atoms with van der Waals surface area (Å²) in [5.74, 6) is 0.296. The van der Waals surface area contributed by atoms with Crippen molar-refractivity contribution < 1.29 is 8.78 Å². The summed E-state index contributed by atoms with van der Waals surface area (Å²) in [4.78, 5) is 11.0. The summed E-state index contributed by atoms with van der Waals surface area (Å²) in [7, 11) is 0. The van der Waals surface area contributed by atoms with E-state index in [1.807, 2.05) is 13.0 Å². The Bertz CT molecular complexity index is 944. The molecular weight excluding hydrogens is 434 g/mol. The van der Waals surface area contributed by atoms with Gasteiger partial charge in [0.1, 0.15) is 18.3 Å². The van der Waals surface area contributed by atoms with Gasteiger partial charge in [-0.25, -0.2) is 24.2 Å². The Morgan fingerprint density at radius 2 is 1.88 bits per heavy atom. The largest absolute Gasteiger partial charge is 0.358 e. The monoisotopic (exact) mass is 468 g/mol. The standard InChI is InChI=1S/C24H32F2N6.C2H2/c1-3-19(13-25)30-31-20-14-28-22(29-15-20)16-32(21-7-5-4-6-8-21)24-18(11-12-27)10-9-17(2)23(24)26;1-2/h9-10,14-15,19,21,30-31H,3-8,11,13,16H2,1-2H3;1-2H. The van der Waals surface area contributed by atoms with Crippen LogP contribution in [-0.2, 0) is 13.0 Å². The summed E-state index contributed by atoms with van der Waals surface area (Å²) in [6, 6.07) is 5.64. The molecule has 1 aromatic heterocycles. The van der Waals surface area contributed by atoms with Gasteiger partial charge < -0.3 is 10.3 Å². The number of halogens is 2. The van der Waals surface area contributed by atoms with Crippen molar-refractivity contribution in [2.24, 2.45) is 0 Å². The van der Waals surface area contributed by atoms with Crippen molar-refractivity contribution in [2.75, 3.05) is 17.0 Å². The summed E-state index contributed by atoms with van der Waals surface area (Å²) in [5, 5.41) is 9.29. The molecule has 1 aliphatic rings. The lowest BCUT2D eigenvalue weighted by molar-refractivity contribution is 0.382. The second kappa shape index (κ2) is 14.1. The molecule has 34 heavy (non-hydrogen) atoms. The number of nitrogens with one attached hydrogen (secondary N) is 2. The molecule has 0 amide bonds. The van der Waals surface area contributed by atoms with Crippen LogP contribution in [0.1, 0.15) is 62.4 Å². The fourth-order valence-electron chi connectivity index (χ4n) is 4.12. The van der Waals surface area contributed by atoms with E-state index in [-0.39, 0.29) is 24.3 Å². The van der Waals surface area contributed by atoms with Gasteiger partial charge >= 0.3 is 0 Å². The van der Waals surface area contributed by atoms with E-state index < -0.39 is 6.67 Å². The smallest absolute Gasteiger partial charge is 0.149 e. The maximum atomic E-state index is 15.4. The SMILES string of the molecule is C#C.CCC(CF)NNc1cnc(CN(c2c(CC#N)ccc(C)c2F)C2CCCCC2)nc1. The first-order valence-electron chi connectivity index (χ1n) is 11.7. The molecule has 2 aromatic rings. The molecule has 0 radical (unpaired) electrons. The highest BCUT2D eigenvalue weighted by atomic mass is 19.1. The van der Waals surface area contributed by atoms with Crippen molar-refractivity contribution >= 4 is 11.4 Å². The first-order valence-corrected chi connectivity index (χ1v) is 11.7. The van der Waals surface area contributed by atoms with E-state index in [0.717, 1.165) is 25.7 Å². The van der Waals surface area contributed by atoms with Crippen LogP contribution in [-0.4, -0.2) is 28.7 Å². The topological polar surface area (TPSA) is 76.9 Å². The first-order chi connectivity index (χ1) is 16.6. The van der Waals surface area contributed by atoms with Crippen LogP contribution in [0.5, 0.6) is 0 Å². The molecule has 0 aliphatic heterocycles. The highest BCUT2D eigenvalue weighted by Crippen LogP contribution is 2.34. The van der Waals surface area contributed by atoms with E-state index in [4.69, 9.17) is 0 Å². The number of alkyl halides is 1. The summed E-state index contributed by atoms with van der Waals surface area (Å²) in [6.07, 6.45) is 17.4. The van der Waals surface area contributed by atoms with Crippen LogP contribution < -0.4 is 15.8 Å². The maximum absolute atomic E-state index is 15.4. The van der Waals surface area contributed by atoms with Crippen LogP contribution >= 0.6 is 0 Å². The molecule has 1 aromatic carbocycles. The van der Waals surface area contributed by atoms with Gasteiger partial charge in [0, 0.05) is 6.04 Å². The zero-order valence-electron chi connectivity index (χ0n) is 20.0. The molecule has 8 heteroatoms. The molecule has 0 spiro atoms. The number of aryl methyl sites for hydroxylation is 1. The number of benzene rings is 1. The molecule has 1 aliphatic carbocycles. The molecule has 2 N–H and O–H groups in total. The Hall–Kier alpha value is -3.23. The molecular formula is C26H34F2N6. The van der Waals surface area contributed by atoms with Crippen LogP contribution in [0.4, 0.5) is 20.2 Å². The highest BCUT2D eigenvalue weighted by Gasteiger charge is 2.27. The maximum Gasteiger partial charge on any atom is 0.149 e. The molecule has 3 rings (SSSR count).